The Bertz CT molecular complexity index is 1060. The molecular formula is C25H29NO4. The fraction of sp³-hybridized carbons (Fsp3) is 0.360. The van der Waals surface area contributed by atoms with Gasteiger partial charge in [0.05, 0.1) is 10.9 Å². The molecule has 158 valence electrons. The molecule has 5 nitrogen and oxygen atoms in total. The predicted octanol–water partition coefficient (Wildman–Crippen LogP) is 4.57. The molecule has 0 aliphatic rings. The first-order chi connectivity index (χ1) is 14.4. The summed E-state index contributed by atoms with van der Waals surface area (Å²) < 4.78 is 5.54. The van der Waals surface area contributed by atoms with E-state index >= 15 is 0 Å². The maximum Gasteiger partial charge on any atom is 0.343 e. The molecule has 0 fully saturated rings. The van der Waals surface area contributed by atoms with E-state index in [0.717, 1.165) is 24.9 Å². The van der Waals surface area contributed by atoms with Crippen molar-refractivity contribution in [1.82, 2.24) is 4.90 Å². The summed E-state index contributed by atoms with van der Waals surface area (Å²) >= 11 is 0. The highest BCUT2D eigenvalue weighted by Gasteiger charge is 2.34. The van der Waals surface area contributed by atoms with Crippen molar-refractivity contribution >= 4 is 16.8 Å². The van der Waals surface area contributed by atoms with Gasteiger partial charge in [0.1, 0.15) is 17.1 Å². The van der Waals surface area contributed by atoms with Crippen LogP contribution in [0.1, 0.15) is 43.7 Å². The first-order valence-electron chi connectivity index (χ1n) is 10.4. The molecule has 0 amide bonds. The van der Waals surface area contributed by atoms with Crippen LogP contribution in [0.25, 0.3) is 11.0 Å². The average Bonchev–Trinajstić information content (AvgIpc) is 2.74. The van der Waals surface area contributed by atoms with Gasteiger partial charge in [0.25, 0.3) is 0 Å². The number of carbonyl (C=O) groups is 1. The second-order valence-corrected chi connectivity index (χ2v) is 7.87. The van der Waals surface area contributed by atoms with Crippen LogP contribution in [0.3, 0.4) is 0 Å². The number of rotatable bonds is 9. The number of hydrogen-bond donors (Lipinski definition) is 1. The van der Waals surface area contributed by atoms with Crippen LogP contribution in [0, 0.1) is 5.92 Å². The number of para-hydroxylation sites is 1. The molecule has 0 spiro atoms. The van der Waals surface area contributed by atoms with E-state index in [2.05, 4.69) is 11.8 Å². The van der Waals surface area contributed by atoms with Crippen LogP contribution in [0.5, 0.6) is 5.75 Å². The van der Waals surface area contributed by atoms with Crippen LogP contribution in [-0.2, 0) is 4.79 Å². The van der Waals surface area contributed by atoms with Gasteiger partial charge in [0.15, 0.2) is 0 Å². The molecule has 0 bridgehead atoms. The molecule has 1 aromatic heterocycles. The standard InChI is InChI=1S/C25H29NO4/c1-4-5-15-26(3)16-20(17(2)27)22(18-11-7-6-8-12-18)23-24(28)19-13-9-10-14-21(19)30-25(23)29/h6-14,20,22,28H,4-5,15-16H2,1-3H3/t20-,22-/m1/s1. The minimum atomic E-state index is -0.609. The summed E-state index contributed by atoms with van der Waals surface area (Å²) in [5.74, 6) is -1.24. The van der Waals surface area contributed by atoms with Gasteiger partial charge in [-0.3, -0.25) is 4.79 Å². The minimum absolute atomic E-state index is 0.0286. The van der Waals surface area contributed by atoms with E-state index in [4.69, 9.17) is 4.42 Å². The lowest BCUT2D eigenvalue weighted by atomic mass is 9.78. The fourth-order valence-corrected chi connectivity index (χ4v) is 4.01. The molecule has 3 rings (SSSR count). The van der Waals surface area contributed by atoms with Gasteiger partial charge in [0.2, 0.25) is 0 Å². The zero-order valence-electron chi connectivity index (χ0n) is 17.8. The van der Waals surface area contributed by atoms with Crippen LogP contribution in [0.2, 0.25) is 0 Å². The summed E-state index contributed by atoms with van der Waals surface area (Å²) in [7, 11) is 1.98. The number of Topliss-reactive ketones (excluding diaryl/α,β-unsaturated/α-hetero) is 1. The Morgan fingerprint density at radius 1 is 1.10 bits per heavy atom. The number of carbonyl (C=O) groups excluding carboxylic acids is 1. The van der Waals surface area contributed by atoms with Gasteiger partial charge in [-0.1, -0.05) is 55.8 Å². The number of hydrogen-bond acceptors (Lipinski definition) is 5. The van der Waals surface area contributed by atoms with Crippen molar-refractivity contribution in [1.29, 1.82) is 0 Å². The molecule has 0 aliphatic carbocycles. The number of nitrogens with zero attached hydrogens (tertiary/aromatic N) is 1. The zero-order chi connectivity index (χ0) is 21.7. The lowest BCUT2D eigenvalue weighted by Crippen LogP contribution is -2.36. The Morgan fingerprint density at radius 2 is 1.77 bits per heavy atom. The molecule has 1 N–H and O–H groups in total. The number of ketones is 1. The van der Waals surface area contributed by atoms with Crippen molar-refractivity contribution in [3.63, 3.8) is 0 Å². The quantitative estimate of drug-likeness (QED) is 0.526. The van der Waals surface area contributed by atoms with Crippen molar-refractivity contribution in [3.05, 3.63) is 76.1 Å². The van der Waals surface area contributed by atoms with E-state index in [-0.39, 0.29) is 17.1 Å². The Kier molecular flexibility index (Phi) is 7.06. The van der Waals surface area contributed by atoms with Gasteiger partial charge in [-0.2, -0.15) is 0 Å². The number of aromatic hydroxyl groups is 1. The molecule has 3 aromatic rings. The molecule has 0 radical (unpaired) electrons. The summed E-state index contributed by atoms with van der Waals surface area (Å²) in [6.45, 7) is 5.02. The normalized spacial score (nSPS) is 13.5. The Labute approximate surface area is 177 Å². The highest BCUT2D eigenvalue weighted by atomic mass is 16.4. The van der Waals surface area contributed by atoms with E-state index in [0.29, 0.717) is 17.5 Å². The third kappa shape index (κ3) is 4.62. The lowest BCUT2D eigenvalue weighted by molar-refractivity contribution is -0.121. The summed E-state index contributed by atoms with van der Waals surface area (Å²) in [5, 5.41) is 11.6. The molecule has 0 saturated heterocycles. The Balaban J connectivity index is 2.17. The van der Waals surface area contributed by atoms with Gasteiger partial charge in [0, 0.05) is 18.4 Å². The molecule has 1 heterocycles. The van der Waals surface area contributed by atoms with Gasteiger partial charge in [-0.25, -0.2) is 4.79 Å². The summed E-state index contributed by atoms with van der Waals surface area (Å²) in [6.07, 6.45) is 2.09. The zero-order valence-corrected chi connectivity index (χ0v) is 17.8. The SMILES string of the molecule is CCCCN(C)C[C@H](C(C)=O)[C@@H](c1ccccc1)c1c(O)c2ccccc2oc1=O. The average molecular weight is 408 g/mol. The summed E-state index contributed by atoms with van der Waals surface area (Å²) in [6, 6.07) is 16.3. The predicted molar refractivity (Wildman–Crippen MR) is 119 cm³/mol. The second-order valence-electron chi connectivity index (χ2n) is 7.87. The molecule has 30 heavy (non-hydrogen) atoms. The third-order valence-corrected chi connectivity index (χ3v) is 5.62. The first kappa shape index (κ1) is 21.8. The van der Waals surface area contributed by atoms with Crippen molar-refractivity contribution in [2.75, 3.05) is 20.1 Å². The van der Waals surface area contributed by atoms with Gasteiger partial charge >= 0.3 is 5.63 Å². The van der Waals surface area contributed by atoms with Crippen LogP contribution >= 0.6 is 0 Å². The topological polar surface area (TPSA) is 70.8 Å². The maximum atomic E-state index is 13.0. The summed E-state index contributed by atoms with van der Waals surface area (Å²) in [5.41, 5.74) is 0.668. The highest BCUT2D eigenvalue weighted by molar-refractivity contribution is 5.85. The maximum absolute atomic E-state index is 13.0. The van der Waals surface area contributed by atoms with E-state index < -0.39 is 17.5 Å². The molecular weight excluding hydrogens is 378 g/mol. The minimum Gasteiger partial charge on any atom is -0.507 e. The highest BCUT2D eigenvalue weighted by Crippen LogP contribution is 2.39. The summed E-state index contributed by atoms with van der Waals surface area (Å²) in [4.78, 5) is 27.9. The first-order valence-corrected chi connectivity index (χ1v) is 10.4. The molecule has 0 saturated carbocycles. The van der Waals surface area contributed by atoms with Crippen molar-refractivity contribution in [2.24, 2.45) is 5.92 Å². The smallest absolute Gasteiger partial charge is 0.343 e. The lowest BCUT2D eigenvalue weighted by Gasteiger charge is -2.29. The number of unbranched alkanes of at least 4 members (excludes halogenated alkanes) is 1. The monoisotopic (exact) mass is 407 g/mol. The number of fused-ring (bicyclic) bond motifs is 1. The second kappa shape index (κ2) is 9.72. The van der Waals surface area contributed by atoms with E-state index in [9.17, 15) is 14.7 Å². The van der Waals surface area contributed by atoms with Crippen LogP contribution in [0.15, 0.2) is 63.8 Å². The van der Waals surface area contributed by atoms with Crippen molar-refractivity contribution in [2.45, 2.75) is 32.6 Å². The molecule has 5 heteroatoms. The van der Waals surface area contributed by atoms with E-state index in [1.807, 2.05) is 37.4 Å². The van der Waals surface area contributed by atoms with Gasteiger partial charge < -0.3 is 14.4 Å². The van der Waals surface area contributed by atoms with Crippen molar-refractivity contribution < 1.29 is 14.3 Å². The molecule has 0 unspecified atom stereocenters. The van der Waals surface area contributed by atoms with Crippen molar-refractivity contribution in [3.8, 4) is 5.75 Å². The third-order valence-electron chi connectivity index (χ3n) is 5.62. The van der Waals surface area contributed by atoms with Gasteiger partial charge in [-0.15, -0.1) is 0 Å². The molecule has 0 aliphatic heterocycles. The molecule has 2 atom stereocenters. The number of benzene rings is 2. The largest absolute Gasteiger partial charge is 0.507 e. The molecule has 2 aromatic carbocycles. The van der Waals surface area contributed by atoms with Crippen LogP contribution < -0.4 is 5.63 Å². The Hall–Kier alpha value is -2.92. The van der Waals surface area contributed by atoms with E-state index in [1.165, 1.54) is 0 Å². The van der Waals surface area contributed by atoms with Crippen LogP contribution in [-0.4, -0.2) is 35.9 Å². The van der Waals surface area contributed by atoms with Gasteiger partial charge in [-0.05, 0) is 44.6 Å². The Morgan fingerprint density at radius 3 is 2.43 bits per heavy atom. The van der Waals surface area contributed by atoms with E-state index in [1.54, 1.807) is 31.2 Å². The van der Waals surface area contributed by atoms with Crippen LogP contribution in [0.4, 0.5) is 0 Å². The fourth-order valence-electron chi connectivity index (χ4n) is 4.01.